The standard InChI is InChI=1S/C24H22Cl2N2O5S/c1-4-8-33-22-17(26)9-15(10-19(22)32-5-2)11-20-23(30)28(24(31)34-20)13-21(29)27-18-12-16(25)7-6-14(18)3/h4,6-7,9-12H,1,5,8,13H2,2-3H3,(H,27,29)/b20-11+. The van der Waals surface area contributed by atoms with E-state index in [1.54, 1.807) is 36.4 Å². The molecule has 1 aliphatic heterocycles. The summed E-state index contributed by atoms with van der Waals surface area (Å²) in [6.45, 7) is 7.44. The lowest BCUT2D eigenvalue weighted by Crippen LogP contribution is -2.36. The molecule has 1 heterocycles. The number of anilines is 1. The number of carbonyl (C=O) groups excluding carboxylic acids is 3. The summed E-state index contributed by atoms with van der Waals surface area (Å²) in [4.78, 5) is 38.8. The minimum absolute atomic E-state index is 0.162. The number of carbonyl (C=O) groups is 3. The molecule has 0 aromatic heterocycles. The number of benzene rings is 2. The summed E-state index contributed by atoms with van der Waals surface area (Å²) >= 11 is 13.1. The number of rotatable bonds is 9. The van der Waals surface area contributed by atoms with Crippen LogP contribution in [0.5, 0.6) is 11.5 Å². The number of ether oxygens (including phenoxy) is 2. The second-order valence-electron chi connectivity index (χ2n) is 7.14. The zero-order valence-electron chi connectivity index (χ0n) is 18.5. The molecule has 0 bridgehead atoms. The highest BCUT2D eigenvalue weighted by atomic mass is 35.5. The highest BCUT2D eigenvalue weighted by molar-refractivity contribution is 8.18. The highest BCUT2D eigenvalue weighted by Crippen LogP contribution is 2.39. The van der Waals surface area contributed by atoms with Gasteiger partial charge in [-0.3, -0.25) is 19.3 Å². The second-order valence-corrected chi connectivity index (χ2v) is 8.97. The van der Waals surface area contributed by atoms with Crippen LogP contribution >= 0.6 is 35.0 Å². The van der Waals surface area contributed by atoms with Crippen molar-refractivity contribution in [2.45, 2.75) is 13.8 Å². The second kappa shape index (κ2) is 11.5. The summed E-state index contributed by atoms with van der Waals surface area (Å²) in [5.74, 6) is -0.325. The van der Waals surface area contributed by atoms with Crippen LogP contribution in [-0.4, -0.2) is 41.7 Å². The van der Waals surface area contributed by atoms with Gasteiger partial charge in [-0.2, -0.15) is 0 Å². The maximum absolute atomic E-state index is 12.8. The minimum atomic E-state index is -0.575. The maximum atomic E-state index is 12.8. The van der Waals surface area contributed by atoms with E-state index in [9.17, 15) is 14.4 Å². The number of halogens is 2. The molecule has 2 aromatic carbocycles. The Balaban J connectivity index is 1.78. The number of nitrogens with zero attached hydrogens (tertiary/aromatic N) is 1. The molecule has 178 valence electrons. The van der Waals surface area contributed by atoms with E-state index in [-0.39, 0.29) is 16.5 Å². The van der Waals surface area contributed by atoms with Crippen molar-refractivity contribution in [2.75, 3.05) is 25.1 Å². The molecule has 2 aromatic rings. The average Bonchev–Trinajstić information content (AvgIpc) is 3.03. The number of amides is 3. The Labute approximate surface area is 211 Å². The van der Waals surface area contributed by atoms with Crippen LogP contribution in [0.15, 0.2) is 47.9 Å². The molecule has 1 aliphatic rings. The Morgan fingerprint density at radius 3 is 2.68 bits per heavy atom. The molecule has 1 N–H and O–H groups in total. The van der Waals surface area contributed by atoms with E-state index in [1.165, 1.54) is 6.08 Å². The van der Waals surface area contributed by atoms with Gasteiger partial charge in [-0.1, -0.05) is 41.9 Å². The number of hydrogen-bond donors (Lipinski definition) is 1. The van der Waals surface area contributed by atoms with Crippen LogP contribution in [0.25, 0.3) is 6.08 Å². The van der Waals surface area contributed by atoms with Crippen molar-refractivity contribution in [3.05, 3.63) is 69.1 Å². The van der Waals surface area contributed by atoms with E-state index in [0.717, 1.165) is 22.2 Å². The number of nitrogens with one attached hydrogen (secondary N) is 1. The summed E-state index contributed by atoms with van der Waals surface area (Å²) in [5.41, 5.74) is 1.86. The summed E-state index contributed by atoms with van der Waals surface area (Å²) in [5, 5.41) is 2.88. The van der Waals surface area contributed by atoms with Gasteiger partial charge < -0.3 is 14.8 Å². The van der Waals surface area contributed by atoms with Gasteiger partial charge in [0.05, 0.1) is 16.5 Å². The van der Waals surface area contributed by atoms with Crippen LogP contribution in [0.2, 0.25) is 10.0 Å². The quantitative estimate of drug-likeness (QED) is 0.325. The van der Waals surface area contributed by atoms with E-state index in [1.807, 2.05) is 13.8 Å². The Morgan fingerprint density at radius 2 is 1.97 bits per heavy atom. The molecule has 0 radical (unpaired) electrons. The SMILES string of the molecule is C=CCOc1c(Cl)cc(/C=C2/SC(=O)N(CC(=O)Nc3cc(Cl)ccc3C)C2=O)cc1OCC. The monoisotopic (exact) mass is 520 g/mol. The molecule has 1 fully saturated rings. The molecule has 0 atom stereocenters. The molecular formula is C24H22Cl2N2O5S. The summed E-state index contributed by atoms with van der Waals surface area (Å²) in [6, 6.07) is 8.33. The van der Waals surface area contributed by atoms with E-state index in [0.29, 0.717) is 34.4 Å². The summed E-state index contributed by atoms with van der Waals surface area (Å²) < 4.78 is 11.2. The minimum Gasteiger partial charge on any atom is -0.490 e. The first kappa shape index (κ1) is 25.7. The van der Waals surface area contributed by atoms with Crippen LogP contribution in [0.1, 0.15) is 18.1 Å². The van der Waals surface area contributed by atoms with Crippen molar-refractivity contribution in [2.24, 2.45) is 0 Å². The largest absolute Gasteiger partial charge is 0.490 e. The molecule has 1 saturated heterocycles. The molecule has 3 rings (SSSR count). The number of hydrogen-bond acceptors (Lipinski definition) is 6. The van der Waals surface area contributed by atoms with Crippen molar-refractivity contribution in [1.29, 1.82) is 0 Å². The molecule has 0 aliphatic carbocycles. The number of imide groups is 1. The molecule has 34 heavy (non-hydrogen) atoms. The lowest BCUT2D eigenvalue weighted by atomic mass is 10.1. The summed E-state index contributed by atoms with van der Waals surface area (Å²) in [7, 11) is 0. The fourth-order valence-electron chi connectivity index (χ4n) is 3.07. The average molecular weight is 521 g/mol. The van der Waals surface area contributed by atoms with Crippen molar-refractivity contribution in [1.82, 2.24) is 4.90 Å². The molecule has 0 spiro atoms. The van der Waals surface area contributed by atoms with Crippen LogP contribution in [0.4, 0.5) is 10.5 Å². The fourth-order valence-corrected chi connectivity index (χ4v) is 4.35. The highest BCUT2D eigenvalue weighted by Gasteiger charge is 2.36. The molecule has 7 nitrogen and oxygen atoms in total. The van der Waals surface area contributed by atoms with Crippen molar-refractivity contribution < 1.29 is 23.9 Å². The lowest BCUT2D eigenvalue weighted by molar-refractivity contribution is -0.127. The zero-order chi connectivity index (χ0) is 24.8. The van der Waals surface area contributed by atoms with Gasteiger partial charge in [-0.05, 0) is 67.1 Å². The third-order valence-electron chi connectivity index (χ3n) is 4.62. The van der Waals surface area contributed by atoms with Crippen molar-refractivity contribution in [3.63, 3.8) is 0 Å². The molecule has 3 amide bonds. The van der Waals surface area contributed by atoms with Gasteiger partial charge in [-0.15, -0.1) is 0 Å². The van der Waals surface area contributed by atoms with Gasteiger partial charge in [0.2, 0.25) is 5.91 Å². The molecule has 0 unspecified atom stereocenters. The van der Waals surface area contributed by atoms with Gasteiger partial charge in [0.1, 0.15) is 13.2 Å². The van der Waals surface area contributed by atoms with Crippen molar-refractivity contribution >= 4 is 63.8 Å². The molecular weight excluding hydrogens is 499 g/mol. The van der Waals surface area contributed by atoms with Gasteiger partial charge in [0.15, 0.2) is 11.5 Å². The normalized spacial score (nSPS) is 14.5. The van der Waals surface area contributed by atoms with Crippen LogP contribution in [0, 0.1) is 6.92 Å². The van der Waals surface area contributed by atoms with Crippen LogP contribution in [-0.2, 0) is 9.59 Å². The first-order valence-electron chi connectivity index (χ1n) is 10.2. The van der Waals surface area contributed by atoms with Gasteiger partial charge in [0.25, 0.3) is 11.1 Å². The fraction of sp³-hybridized carbons (Fsp3) is 0.208. The lowest BCUT2D eigenvalue weighted by Gasteiger charge is -2.14. The van der Waals surface area contributed by atoms with Gasteiger partial charge >= 0.3 is 0 Å². The molecule has 0 saturated carbocycles. The Hall–Kier alpha value is -2.94. The topological polar surface area (TPSA) is 84.9 Å². The maximum Gasteiger partial charge on any atom is 0.294 e. The van der Waals surface area contributed by atoms with Crippen molar-refractivity contribution in [3.8, 4) is 11.5 Å². The van der Waals surface area contributed by atoms with E-state index < -0.39 is 23.6 Å². The first-order valence-corrected chi connectivity index (χ1v) is 11.8. The zero-order valence-corrected chi connectivity index (χ0v) is 20.9. The third-order valence-corrected chi connectivity index (χ3v) is 6.05. The predicted molar refractivity (Wildman–Crippen MR) is 136 cm³/mol. The third kappa shape index (κ3) is 6.14. The number of thioether (sulfide) groups is 1. The van der Waals surface area contributed by atoms with Gasteiger partial charge in [-0.25, -0.2) is 0 Å². The first-order chi connectivity index (χ1) is 16.2. The Bertz CT molecular complexity index is 1180. The Morgan fingerprint density at radius 1 is 1.21 bits per heavy atom. The van der Waals surface area contributed by atoms with Gasteiger partial charge in [0, 0.05) is 10.7 Å². The van der Waals surface area contributed by atoms with Crippen LogP contribution in [0.3, 0.4) is 0 Å². The Kier molecular flexibility index (Phi) is 8.66. The van der Waals surface area contributed by atoms with E-state index in [2.05, 4.69) is 11.9 Å². The number of aryl methyl sites for hydroxylation is 1. The predicted octanol–water partition coefficient (Wildman–Crippen LogP) is 5.94. The smallest absolute Gasteiger partial charge is 0.294 e. The van der Waals surface area contributed by atoms with E-state index >= 15 is 0 Å². The van der Waals surface area contributed by atoms with E-state index in [4.69, 9.17) is 32.7 Å². The van der Waals surface area contributed by atoms with Crippen LogP contribution < -0.4 is 14.8 Å². The molecule has 10 heteroatoms. The summed E-state index contributed by atoms with van der Waals surface area (Å²) in [6.07, 6.45) is 3.11.